The van der Waals surface area contributed by atoms with Crippen LogP contribution in [-0.2, 0) is 11.3 Å². The van der Waals surface area contributed by atoms with Crippen LogP contribution < -0.4 is 0 Å². The number of aliphatic hydroxyl groups excluding tert-OH is 1. The predicted octanol–water partition coefficient (Wildman–Crippen LogP) is 0.748. The Morgan fingerprint density at radius 3 is 2.75 bits per heavy atom. The maximum atomic E-state index is 10.4. The van der Waals surface area contributed by atoms with E-state index in [-0.39, 0.29) is 12.1 Å². The SMILES string of the molecule is CC(C)(O)C#Cc1ccc(CN2C[C@H](O)[C@@H](N3CCOCC3)C2)s1. The van der Waals surface area contributed by atoms with Gasteiger partial charge >= 0.3 is 0 Å². The summed E-state index contributed by atoms with van der Waals surface area (Å²) in [5, 5.41) is 20.1. The van der Waals surface area contributed by atoms with Crippen molar-refractivity contribution in [2.45, 2.75) is 38.1 Å². The van der Waals surface area contributed by atoms with Gasteiger partial charge in [-0.2, -0.15) is 0 Å². The van der Waals surface area contributed by atoms with E-state index < -0.39 is 5.60 Å². The van der Waals surface area contributed by atoms with Gasteiger partial charge in [0.25, 0.3) is 0 Å². The topological polar surface area (TPSA) is 56.2 Å². The third kappa shape index (κ3) is 4.79. The summed E-state index contributed by atoms with van der Waals surface area (Å²) >= 11 is 1.66. The molecule has 2 aliphatic rings. The largest absolute Gasteiger partial charge is 0.390 e. The molecular formula is C18H26N2O3S. The summed E-state index contributed by atoms with van der Waals surface area (Å²) in [7, 11) is 0. The molecule has 2 atom stereocenters. The first-order valence-electron chi connectivity index (χ1n) is 8.47. The van der Waals surface area contributed by atoms with Crippen LogP contribution in [0.3, 0.4) is 0 Å². The average Bonchev–Trinajstić information content (AvgIpc) is 3.12. The van der Waals surface area contributed by atoms with E-state index in [4.69, 9.17) is 4.74 Å². The Bertz CT molecular complexity index is 608. The van der Waals surface area contributed by atoms with Gasteiger partial charge in [0.2, 0.25) is 0 Å². The van der Waals surface area contributed by atoms with E-state index in [9.17, 15) is 10.2 Å². The Balaban J connectivity index is 1.57. The molecule has 6 heteroatoms. The van der Waals surface area contributed by atoms with Crippen LogP contribution in [0.5, 0.6) is 0 Å². The molecule has 3 heterocycles. The van der Waals surface area contributed by atoms with Gasteiger partial charge in [-0.1, -0.05) is 11.8 Å². The molecule has 2 aliphatic heterocycles. The van der Waals surface area contributed by atoms with Crippen molar-refractivity contribution in [1.82, 2.24) is 9.80 Å². The van der Waals surface area contributed by atoms with Gasteiger partial charge < -0.3 is 14.9 Å². The Kier molecular flexibility index (Phi) is 5.60. The number of hydrogen-bond donors (Lipinski definition) is 2. The molecule has 0 amide bonds. The molecule has 5 nitrogen and oxygen atoms in total. The zero-order valence-corrected chi connectivity index (χ0v) is 15.2. The fourth-order valence-corrected chi connectivity index (χ4v) is 4.11. The highest BCUT2D eigenvalue weighted by molar-refractivity contribution is 7.12. The molecule has 1 aromatic rings. The van der Waals surface area contributed by atoms with Crippen LogP contribution in [0.25, 0.3) is 0 Å². The number of aliphatic hydroxyl groups is 2. The summed E-state index contributed by atoms with van der Waals surface area (Å²) in [6, 6.07) is 4.31. The minimum atomic E-state index is -0.964. The van der Waals surface area contributed by atoms with Crippen LogP contribution in [0, 0.1) is 11.8 Å². The molecule has 0 unspecified atom stereocenters. The van der Waals surface area contributed by atoms with Gasteiger partial charge in [-0.15, -0.1) is 11.3 Å². The minimum absolute atomic E-state index is 0.211. The van der Waals surface area contributed by atoms with E-state index in [1.54, 1.807) is 25.2 Å². The normalized spacial score (nSPS) is 26.3. The van der Waals surface area contributed by atoms with E-state index in [0.29, 0.717) is 6.54 Å². The van der Waals surface area contributed by atoms with Crippen LogP contribution >= 0.6 is 11.3 Å². The first-order valence-corrected chi connectivity index (χ1v) is 9.29. The summed E-state index contributed by atoms with van der Waals surface area (Å²) in [5.74, 6) is 5.87. The van der Waals surface area contributed by atoms with Gasteiger partial charge in [0.05, 0.1) is 24.2 Å². The molecule has 24 heavy (non-hydrogen) atoms. The molecule has 0 saturated carbocycles. The smallest absolute Gasteiger partial charge is 0.120 e. The van der Waals surface area contributed by atoms with Gasteiger partial charge in [0.15, 0.2) is 0 Å². The van der Waals surface area contributed by atoms with Crippen LogP contribution in [0.2, 0.25) is 0 Å². The summed E-state index contributed by atoms with van der Waals surface area (Å²) in [4.78, 5) is 6.87. The average molecular weight is 350 g/mol. The maximum absolute atomic E-state index is 10.4. The van der Waals surface area contributed by atoms with Crippen molar-refractivity contribution in [2.24, 2.45) is 0 Å². The quantitative estimate of drug-likeness (QED) is 0.788. The highest BCUT2D eigenvalue weighted by Gasteiger charge is 2.36. The highest BCUT2D eigenvalue weighted by atomic mass is 32.1. The standard InChI is InChI=1S/C18H26N2O3S/c1-18(2,22)6-5-14-3-4-15(24-14)11-19-12-16(17(21)13-19)20-7-9-23-10-8-20/h3-4,16-17,21-22H,7-13H2,1-2H3/t16-,17-/m0/s1. The van der Waals surface area contributed by atoms with E-state index in [1.807, 2.05) is 6.07 Å². The third-order valence-electron chi connectivity index (χ3n) is 4.38. The summed E-state index contributed by atoms with van der Waals surface area (Å²) in [5.41, 5.74) is -0.964. The Labute approximate surface area is 147 Å². The number of ether oxygens (including phenoxy) is 1. The fourth-order valence-electron chi connectivity index (χ4n) is 3.21. The van der Waals surface area contributed by atoms with Crippen molar-refractivity contribution >= 4 is 11.3 Å². The van der Waals surface area contributed by atoms with Crippen molar-refractivity contribution in [3.8, 4) is 11.8 Å². The van der Waals surface area contributed by atoms with Gasteiger partial charge in [-0.05, 0) is 26.0 Å². The highest BCUT2D eigenvalue weighted by Crippen LogP contribution is 2.23. The number of morpholine rings is 1. The minimum Gasteiger partial charge on any atom is -0.390 e. The maximum Gasteiger partial charge on any atom is 0.120 e. The third-order valence-corrected chi connectivity index (χ3v) is 5.37. The lowest BCUT2D eigenvalue weighted by Crippen LogP contribution is -2.48. The van der Waals surface area contributed by atoms with E-state index >= 15 is 0 Å². The summed E-state index contributed by atoms with van der Waals surface area (Å²) in [6.45, 7) is 9.16. The zero-order valence-electron chi connectivity index (χ0n) is 14.4. The van der Waals surface area contributed by atoms with Gasteiger partial charge in [0, 0.05) is 43.6 Å². The predicted molar refractivity (Wildman–Crippen MR) is 95.0 cm³/mol. The Hall–Kier alpha value is -0.940. The van der Waals surface area contributed by atoms with Crippen LogP contribution in [0.4, 0.5) is 0 Å². The molecule has 0 radical (unpaired) electrons. The number of hydrogen-bond acceptors (Lipinski definition) is 6. The van der Waals surface area contributed by atoms with Crippen molar-refractivity contribution in [2.75, 3.05) is 39.4 Å². The summed E-state index contributed by atoms with van der Waals surface area (Å²) in [6.07, 6.45) is -0.294. The van der Waals surface area contributed by atoms with E-state index in [1.165, 1.54) is 4.88 Å². The second-order valence-electron chi connectivity index (χ2n) is 7.05. The lowest BCUT2D eigenvalue weighted by Gasteiger charge is -2.33. The number of thiophene rings is 1. The molecular weight excluding hydrogens is 324 g/mol. The molecule has 2 fully saturated rings. The molecule has 0 bridgehead atoms. The van der Waals surface area contributed by atoms with Crippen molar-refractivity contribution in [3.63, 3.8) is 0 Å². The monoisotopic (exact) mass is 350 g/mol. The van der Waals surface area contributed by atoms with Crippen LogP contribution in [-0.4, -0.2) is 77.2 Å². The molecule has 0 spiro atoms. The molecule has 3 rings (SSSR count). The first kappa shape index (κ1) is 17.9. The van der Waals surface area contributed by atoms with Gasteiger partial charge in [0.1, 0.15) is 5.60 Å². The van der Waals surface area contributed by atoms with Crippen LogP contribution in [0.1, 0.15) is 23.6 Å². The fraction of sp³-hybridized carbons (Fsp3) is 0.667. The first-order chi connectivity index (χ1) is 11.4. The Morgan fingerprint density at radius 1 is 1.29 bits per heavy atom. The molecule has 1 aromatic heterocycles. The zero-order chi connectivity index (χ0) is 17.2. The molecule has 2 N–H and O–H groups in total. The summed E-state index contributed by atoms with van der Waals surface area (Å²) < 4.78 is 5.40. The van der Waals surface area contributed by atoms with Crippen molar-refractivity contribution in [1.29, 1.82) is 0 Å². The molecule has 0 aliphatic carbocycles. The molecule has 2 saturated heterocycles. The van der Waals surface area contributed by atoms with E-state index in [0.717, 1.165) is 44.3 Å². The van der Waals surface area contributed by atoms with Gasteiger partial charge in [-0.3, -0.25) is 9.80 Å². The van der Waals surface area contributed by atoms with Crippen molar-refractivity contribution in [3.05, 3.63) is 21.9 Å². The number of rotatable bonds is 3. The molecule has 0 aromatic carbocycles. The Morgan fingerprint density at radius 2 is 2.04 bits per heavy atom. The van der Waals surface area contributed by atoms with Crippen molar-refractivity contribution < 1.29 is 14.9 Å². The number of likely N-dealkylation sites (tertiary alicyclic amines) is 1. The lowest BCUT2D eigenvalue weighted by atomic mass is 10.1. The number of β-amino-alcohol motifs (C(OH)–C–C–N with tert-alkyl or cyclic N) is 1. The number of nitrogens with zero attached hydrogens (tertiary/aromatic N) is 2. The van der Waals surface area contributed by atoms with E-state index in [2.05, 4.69) is 27.7 Å². The second kappa shape index (κ2) is 7.52. The van der Waals surface area contributed by atoms with Gasteiger partial charge in [-0.25, -0.2) is 0 Å². The lowest BCUT2D eigenvalue weighted by molar-refractivity contribution is -0.00618. The molecule has 132 valence electrons. The van der Waals surface area contributed by atoms with Crippen LogP contribution in [0.15, 0.2) is 12.1 Å². The second-order valence-corrected chi connectivity index (χ2v) is 8.22.